The minimum Gasteiger partial charge on any atom is -0.504 e. The Labute approximate surface area is 191 Å². The zero-order chi connectivity index (χ0) is 22.7. The lowest BCUT2D eigenvalue weighted by molar-refractivity contribution is 0.0298. The van der Waals surface area contributed by atoms with E-state index in [4.69, 9.17) is 9.47 Å². The summed E-state index contributed by atoms with van der Waals surface area (Å²) in [7, 11) is 1.61. The van der Waals surface area contributed by atoms with E-state index in [9.17, 15) is 5.11 Å². The molecule has 0 amide bonds. The van der Waals surface area contributed by atoms with Crippen LogP contribution in [0.3, 0.4) is 0 Å². The van der Waals surface area contributed by atoms with Crippen LogP contribution in [0.4, 0.5) is 5.69 Å². The first kappa shape index (κ1) is 21.0. The van der Waals surface area contributed by atoms with Crippen molar-refractivity contribution < 1.29 is 14.6 Å². The summed E-state index contributed by atoms with van der Waals surface area (Å²) < 4.78 is 12.5. The highest BCUT2D eigenvalue weighted by Gasteiger charge is 2.46. The highest BCUT2D eigenvalue weighted by Crippen LogP contribution is 2.60. The van der Waals surface area contributed by atoms with Crippen LogP contribution in [-0.2, 0) is 0 Å². The van der Waals surface area contributed by atoms with Crippen LogP contribution in [0, 0.1) is 5.41 Å². The van der Waals surface area contributed by atoms with Crippen molar-refractivity contribution in [3.63, 3.8) is 0 Å². The van der Waals surface area contributed by atoms with Gasteiger partial charge in [-0.25, -0.2) is 0 Å². The fraction of sp³-hybridized carbons (Fsp3) is 0.429. The molecule has 3 aliphatic rings. The Kier molecular flexibility index (Phi) is 4.81. The van der Waals surface area contributed by atoms with E-state index in [1.807, 2.05) is 6.07 Å². The molecule has 0 saturated heterocycles. The highest BCUT2D eigenvalue weighted by atomic mass is 16.5. The SMILES string of the molecule is CCC1(C2Oc3ccc(O)c(OC)c3-c3ccc4c(c32)C(C)=CC(C)(C)N4)CC=CCC1. The van der Waals surface area contributed by atoms with Crippen molar-refractivity contribution in [2.75, 3.05) is 12.4 Å². The van der Waals surface area contributed by atoms with Gasteiger partial charge in [-0.2, -0.15) is 0 Å². The van der Waals surface area contributed by atoms with Crippen molar-refractivity contribution in [1.82, 2.24) is 0 Å². The summed E-state index contributed by atoms with van der Waals surface area (Å²) in [4.78, 5) is 0. The standard InChI is InChI=1S/C28H33NO3/c1-6-28(14-8-7-9-15-28)26-24-18(23-21(32-26)13-12-20(30)25(23)31-5)10-11-19-22(24)17(2)16-27(3,4)29-19/h7-8,10-13,16,26,29-30H,6,9,14-15H2,1-5H3. The van der Waals surface area contributed by atoms with Crippen molar-refractivity contribution in [3.05, 3.63) is 53.6 Å². The Hall–Kier alpha value is -2.88. The molecular weight excluding hydrogens is 398 g/mol. The number of ether oxygens (including phenoxy) is 2. The summed E-state index contributed by atoms with van der Waals surface area (Å²) >= 11 is 0. The van der Waals surface area contributed by atoms with Crippen molar-refractivity contribution in [3.8, 4) is 28.4 Å². The fourth-order valence-electron chi connectivity index (χ4n) is 6.02. The van der Waals surface area contributed by atoms with Gasteiger partial charge in [-0.05, 0) is 75.8 Å². The molecule has 1 aliphatic carbocycles. The Balaban J connectivity index is 1.83. The van der Waals surface area contributed by atoms with E-state index >= 15 is 0 Å². The number of hydrogen-bond donors (Lipinski definition) is 2. The van der Waals surface area contributed by atoms with Crippen molar-refractivity contribution in [1.29, 1.82) is 0 Å². The number of phenols is 1. The molecule has 2 atom stereocenters. The van der Waals surface area contributed by atoms with E-state index in [2.05, 4.69) is 63.4 Å². The maximum atomic E-state index is 10.5. The molecule has 0 radical (unpaired) electrons. The molecule has 0 bridgehead atoms. The van der Waals surface area contributed by atoms with Crippen LogP contribution in [-0.4, -0.2) is 17.8 Å². The van der Waals surface area contributed by atoms with Crippen LogP contribution in [0.5, 0.6) is 17.2 Å². The van der Waals surface area contributed by atoms with Gasteiger partial charge in [-0.1, -0.05) is 31.2 Å². The average molecular weight is 432 g/mol. The van der Waals surface area contributed by atoms with Crippen molar-refractivity contribution in [2.45, 2.75) is 65.0 Å². The van der Waals surface area contributed by atoms with Crippen molar-refractivity contribution in [2.24, 2.45) is 5.41 Å². The molecule has 2 aliphatic heterocycles. The Morgan fingerprint density at radius 3 is 2.66 bits per heavy atom. The van der Waals surface area contributed by atoms with Gasteiger partial charge in [0.05, 0.1) is 18.2 Å². The molecule has 0 fully saturated rings. The van der Waals surface area contributed by atoms with Crippen LogP contribution in [0.25, 0.3) is 16.7 Å². The van der Waals surface area contributed by atoms with Gasteiger partial charge in [0.1, 0.15) is 11.9 Å². The molecule has 2 N–H and O–H groups in total. The summed E-state index contributed by atoms with van der Waals surface area (Å²) in [6.45, 7) is 8.88. The average Bonchev–Trinajstić information content (AvgIpc) is 2.77. The van der Waals surface area contributed by atoms with Crippen molar-refractivity contribution >= 4 is 11.3 Å². The molecule has 4 heteroatoms. The molecule has 5 rings (SSSR count). The van der Waals surface area contributed by atoms with Gasteiger partial charge in [-0.3, -0.25) is 0 Å². The summed E-state index contributed by atoms with van der Waals surface area (Å²) in [5, 5.41) is 14.3. The highest BCUT2D eigenvalue weighted by molar-refractivity contribution is 5.92. The van der Waals surface area contributed by atoms with E-state index in [1.54, 1.807) is 13.2 Å². The Morgan fingerprint density at radius 1 is 1.16 bits per heavy atom. The summed E-state index contributed by atoms with van der Waals surface area (Å²) in [5.74, 6) is 1.39. The predicted molar refractivity (Wildman–Crippen MR) is 131 cm³/mol. The number of aromatic hydroxyl groups is 1. The third kappa shape index (κ3) is 3.03. The van der Waals surface area contributed by atoms with Crippen LogP contribution in [0.15, 0.2) is 42.5 Å². The molecule has 2 aromatic rings. The lowest BCUT2D eigenvalue weighted by Gasteiger charge is -2.46. The van der Waals surface area contributed by atoms with Gasteiger partial charge in [0, 0.05) is 22.2 Å². The second-order valence-electron chi connectivity index (χ2n) is 10.0. The van der Waals surface area contributed by atoms with Crippen LogP contribution in [0.2, 0.25) is 0 Å². The van der Waals surface area contributed by atoms with E-state index in [1.165, 1.54) is 16.7 Å². The lowest BCUT2D eigenvalue weighted by atomic mass is 9.65. The van der Waals surface area contributed by atoms with Gasteiger partial charge in [0.25, 0.3) is 0 Å². The van der Waals surface area contributed by atoms with E-state index in [-0.39, 0.29) is 22.8 Å². The van der Waals surface area contributed by atoms with Crippen LogP contribution in [0.1, 0.15) is 70.6 Å². The molecule has 0 saturated carbocycles. The Morgan fingerprint density at radius 2 is 1.97 bits per heavy atom. The molecule has 168 valence electrons. The van der Waals surface area contributed by atoms with Gasteiger partial charge in [0.15, 0.2) is 11.5 Å². The van der Waals surface area contributed by atoms with Crippen LogP contribution >= 0.6 is 0 Å². The molecule has 2 unspecified atom stereocenters. The second-order valence-corrected chi connectivity index (χ2v) is 10.0. The monoisotopic (exact) mass is 431 g/mol. The number of fused-ring (bicyclic) bond motifs is 5. The maximum absolute atomic E-state index is 10.5. The first-order valence-corrected chi connectivity index (χ1v) is 11.7. The quantitative estimate of drug-likeness (QED) is 0.503. The number of rotatable bonds is 3. The number of hydrogen-bond acceptors (Lipinski definition) is 4. The van der Waals surface area contributed by atoms with Gasteiger partial charge in [0.2, 0.25) is 0 Å². The number of benzene rings is 2. The summed E-state index contributed by atoms with van der Waals surface area (Å²) in [6, 6.07) is 7.90. The summed E-state index contributed by atoms with van der Waals surface area (Å²) in [5.41, 5.74) is 6.70. The fourth-order valence-corrected chi connectivity index (χ4v) is 6.02. The molecule has 0 aromatic heterocycles. The summed E-state index contributed by atoms with van der Waals surface area (Å²) in [6.07, 6.45) is 11.1. The van der Waals surface area contributed by atoms with E-state index in [0.29, 0.717) is 5.75 Å². The number of methoxy groups -OCH3 is 1. The maximum Gasteiger partial charge on any atom is 0.172 e. The minimum absolute atomic E-state index is 0.0225. The first-order valence-electron chi connectivity index (χ1n) is 11.7. The molecule has 4 nitrogen and oxygen atoms in total. The second kappa shape index (κ2) is 7.33. The Bertz CT molecular complexity index is 1140. The number of phenolic OH excluding ortho intramolecular Hbond substituents is 1. The zero-order valence-electron chi connectivity index (χ0n) is 19.7. The zero-order valence-corrected chi connectivity index (χ0v) is 19.7. The molecule has 0 spiro atoms. The predicted octanol–water partition coefficient (Wildman–Crippen LogP) is 7.25. The van der Waals surface area contributed by atoms with E-state index < -0.39 is 0 Å². The van der Waals surface area contributed by atoms with E-state index in [0.717, 1.165) is 48.2 Å². The minimum atomic E-state index is -0.111. The molecular formula is C28H33NO3. The normalized spacial score (nSPS) is 24.9. The van der Waals surface area contributed by atoms with Crippen LogP contribution < -0.4 is 14.8 Å². The third-order valence-corrected chi connectivity index (χ3v) is 7.51. The topological polar surface area (TPSA) is 50.7 Å². The molecule has 2 aromatic carbocycles. The molecule has 32 heavy (non-hydrogen) atoms. The van der Waals surface area contributed by atoms with Gasteiger partial charge >= 0.3 is 0 Å². The molecule has 2 heterocycles. The lowest BCUT2D eigenvalue weighted by Crippen LogP contribution is -2.37. The number of allylic oxidation sites excluding steroid dienone is 3. The van der Waals surface area contributed by atoms with Gasteiger partial charge < -0.3 is 19.9 Å². The number of anilines is 1. The number of nitrogens with one attached hydrogen (secondary N) is 1. The first-order chi connectivity index (χ1) is 15.3. The smallest absolute Gasteiger partial charge is 0.172 e. The largest absolute Gasteiger partial charge is 0.504 e. The third-order valence-electron chi connectivity index (χ3n) is 7.51. The van der Waals surface area contributed by atoms with Gasteiger partial charge in [-0.15, -0.1) is 0 Å².